The number of benzene rings is 3. The minimum atomic E-state index is -0.132. The summed E-state index contributed by atoms with van der Waals surface area (Å²) in [7, 11) is 1.62. The van der Waals surface area contributed by atoms with Crippen molar-refractivity contribution >= 4 is 5.91 Å². The molecule has 0 saturated carbocycles. The quantitative estimate of drug-likeness (QED) is 0.469. The highest BCUT2D eigenvalue weighted by molar-refractivity contribution is 5.94. The highest BCUT2D eigenvalue weighted by Gasteiger charge is 2.08. The lowest BCUT2D eigenvalue weighted by atomic mass is 10.1. The Morgan fingerprint density at radius 2 is 1.58 bits per heavy atom. The second kappa shape index (κ2) is 9.54. The van der Waals surface area contributed by atoms with Gasteiger partial charge in [-0.25, -0.2) is 4.98 Å². The van der Waals surface area contributed by atoms with E-state index in [4.69, 9.17) is 9.47 Å². The average Bonchev–Trinajstić information content (AvgIpc) is 2.84. The van der Waals surface area contributed by atoms with Crippen LogP contribution in [-0.4, -0.2) is 23.0 Å². The van der Waals surface area contributed by atoms with Crippen LogP contribution in [0.25, 0.3) is 11.4 Å². The smallest absolute Gasteiger partial charge is 0.251 e. The molecular weight excluding hydrogens is 390 g/mol. The van der Waals surface area contributed by atoms with Gasteiger partial charge in [-0.3, -0.25) is 4.79 Å². The van der Waals surface area contributed by atoms with Crippen molar-refractivity contribution in [1.29, 1.82) is 0 Å². The Kier molecular flexibility index (Phi) is 6.18. The molecule has 0 aliphatic heterocycles. The van der Waals surface area contributed by atoms with Crippen molar-refractivity contribution in [3.63, 3.8) is 0 Å². The first-order chi connectivity index (χ1) is 15.2. The van der Waals surface area contributed by atoms with Crippen LogP contribution >= 0.6 is 0 Å². The minimum Gasteiger partial charge on any atom is -0.497 e. The maximum atomic E-state index is 12.4. The van der Waals surface area contributed by atoms with E-state index in [1.807, 2.05) is 66.7 Å². The van der Waals surface area contributed by atoms with E-state index < -0.39 is 0 Å². The molecule has 1 heterocycles. The molecule has 0 saturated heterocycles. The number of nitrogens with zero attached hydrogens (tertiary/aromatic N) is 2. The Balaban J connectivity index is 1.42. The normalized spacial score (nSPS) is 10.4. The molecule has 4 aromatic rings. The van der Waals surface area contributed by atoms with Gasteiger partial charge in [0.25, 0.3) is 5.91 Å². The number of methoxy groups -OCH3 is 1. The third kappa shape index (κ3) is 5.25. The third-order valence-corrected chi connectivity index (χ3v) is 4.61. The number of ether oxygens (including phenoxy) is 2. The van der Waals surface area contributed by atoms with Gasteiger partial charge in [-0.15, -0.1) is 0 Å². The van der Waals surface area contributed by atoms with Crippen molar-refractivity contribution in [2.75, 3.05) is 7.11 Å². The van der Waals surface area contributed by atoms with Crippen LogP contribution in [0.4, 0.5) is 0 Å². The molecule has 0 aliphatic rings. The minimum absolute atomic E-state index is 0.132. The lowest BCUT2D eigenvalue weighted by Gasteiger charge is -2.08. The largest absolute Gasteiger partial charge is 0.497 e. The molecule has 31 heavy (non-hydrogen) atoms. The Morgan fingerprint density at radius 1 is 0.871 bits per heavy atom. The summed E-state index contributed by atoms with van der Waals surface area (Å²) in [5.74, 6) is 2.22. The Hall–Kier alpha value is -4.19. The topological polar surface area (TPSA) is 73.3 Å². The van der Waals surface area contributed by atoms with Gasteiger partial charge in [0.05, 0.1) is 7.11 Å². The van der Waals surface area contributed by atoms with Gasteiger partial charge in [0.1, 0.15) is 11.5 Å². The number of amides is 1. The number of rotatable bonds is 7. The van der Waals surface area contributed by atoms with E-state index in [2.05, 4.69) is 15.3 Å². The van der Waals surface area contributed by atoms with Crippen LogP contribution in [0, 0.1) is 0 Å². The van der Waals surface area contributed by atoms with Gasteiger partial charge in [-0.2, -0.15) is 4.98 Å². The van der Waals surface area contributed by atoms with Crippen molar-refractivity contribution in [1.82, 2.24) is 15.3 Å². The summed E-state index contributed by atoms with van der Waals surface area (Å²) < 4.78 is 11.0. The molecule has 0 unspecified atom stereocenters. The van der Waals surface area contributed by atoms with E-state index in [1.165, 1.54) is 0 Å². The molecule has 154 valence electrons. The van der Waals surface area contributed by atoms with Crippen molar-refractivity contribution in [2.45, 2.75) is 6.54 Å². The molecule has 6 heteroatoms. The molecule has 1 amide bonds. The summed E-state index contributed by atoms with van der Waals surface area (Å²) >= 11 is 0. The standard InChI is InChI=1S/C25H21N3O3/c1-30-21-11-13-22(14-12-21)31-23-15-16-26-24(28-23)19-7-9-20(10-8-19)25(29)27-17-18-5-3-2-4-6-18/h2-16H,17H2,1H3,(H,27,29). The van der Waals surface area contributed by atoms with Crippen LogP contribution in [0.3, 0.4) is 0 Å². The third-order valence-electron chi connectivity index (χ3n) is 4.61. The van der Waals surface area contributed by atoms with Gasteiger partial charge in [0.15, 0.2) is 5.82 Å². The van der Waals surface area contributed by atoms with E-state index >= 15 is 0 Å². The van der Waals surface area contributed by atoms with Crippen LogP contribution in [-0.2, 0) is 6.54 Å². The average molecular weight is 411 g/mol. The Bertz CT molecular complexity index is 1140. The van der Waals surface area contributed by atoms with Gasteiger partial charge in [0.2, 0.25) is 5.88 Å². The fraction of sp³-hybridized carbons (Fsp3) is 0.0800. The van der Waals surface area contributed by atoms with Crippen LogP contribution in [0.15, 0.2) is 91.1 Å². The zero-order valence-corrected chi connectivity index (χ0v) is 17.0. The Labute approximate surface area is 180 Å². The van der Waals surface area contributed by atoms with Crippen LogP contribution in [0.5, 0.6) is 17.4 Å². The number of hydrogen-bond donors (Lipinski definition) is 1. The van der Waals surface area contributed by atoms with Gasteiger partial charge >= 0.3 is 0 Å². The number of hydrogen-bond acceptors (Lipinski definition) is 5. The number of carbonyl (C=O) groups is 1. The summed E-state index contributed by atoms with van der Waals surface area (Å²) in [6, 6.07) is 25.9. The summed E-state index contributed by atoms with van der Waals surface area (Å²) in [6.07, 6.45) is 1.64. The maximum absolute atomic E-state index is 12.4. The van der Waals surface area contributed by atoms with E-state index in [0.29, 0.717) is 29.6 Å². The van der Waals surface area contributed by atoms with Crippen LogP contribution < -0.4 is 14.8 Å². The van der Waals surface area contributed by atoms with E-state index in [1.54, 1.807) is 31.5 Å². The van der Waals surface area contributed by atoms with E-state index in [-0.39, 0.29) is 5.91 Å². The Morgan fingerprint density at radius 3 is 2.29 bits per heavy atom. The zero-order chi connectivity index (χ0) is 21.5. The predicted molar refractivity (Wildman–Crippen MR) is 118 cm³/mol. The second-order valence-electron chi connectivity index (χ2n) is 6.74. The second-order valence-corrected chi connectivity index (χ2v) is 6.74. The molecule has 0 spiro atoms. The first-order valence-electron chi connectivity index (χ1n) is 9.79. The van der Waals surface area contributed by atoms with Crippen molar-refractivity contribution in [2.24, 2.45) is 0 Å². The summed E-state index contributed by atoms with van der Waals surface area (Å²) in [6.45, 7) is 0.481. The maximum Gasteiger partial charge on any atom is 0.251 e. The molecular formula is C25H21N3O3. The van der Waals surface area contributed by atoms with Crippen molar-refractivity contribution in [3.05, 3.63) is 102 Å². The van der Waals surface area contributed by atoms with Gasteiger partial charge in [-0.05, 0) is 42.0 Å². The van der Waals surface area contributed by atoms with Crippen LogP contribution in [0.1, 0.15) is 15.9 Å². The van der Waals surface area contributed by atoms with Gasteiger partial charge in [0, 0.05) is 29.9 Å². The zero-order valence-electron chi connectivity index (χ0n) is 17.0. The molecule has 4 rings (SSSR count). The highest BCUT2D eigenvalue weighted by atomic mass is 16.5. The lowest BCUT2D eigenvalue weighted by Crippen LogP contribution is -2.22. The summed E-state index contributed by atoms with van der Waals surface area (Å²) in [4.78, 5) is 21.2. The van der Waals surface area contributed by atoms with Crippen LogP contribution in [0.2, 0.25) is 0 Å². The summed E-state index contributed by atoms with van der Waals surface area (Å²) in [5.41, 5.74) is 2.42. The van der Waals surface area contributed by atoms with E-state index in [9.17, 15) is 4.79 Å². The van der Waals surface area contributed by atoms with Gasteiger partial charge in [-0.1, -0.05) is 42.5 Å². The predicted octanol–water partition coefficient (Wildman–Crippen LogP) is 4.87. The number of nitrogens with one attached hydrogen (secondary N) is 1. The molecule has 0 radical (unpaired) electrons. The lowest BCUT2D eigenvalue weighted by molar-refractivity contribution is 0.0951. The fourth-order valence-corrected chi connectivity index (χ4v) is 2.95. The SMILES string of the molecule is COc1ccc(Oc2ccnc(-c3ccc(C(=O)NCc4ccccc4)cc3)n2)cc1. The highest BCUT2D eigenvalue weighted by Crippen LogP contribution is 2.24. The molecule has 6 nitrogen and oxygen atoms in total. The fourth-order valence-electron chi connectivity index (χ4n) is 2.95. The molecule has 0 fully saturated rings. The molecule has 0 aliphatic carbocycles. The van der Waals surface area contributed by atoms with E-state index in [0.717, 1.165) is 16.9 Å². The van der Waals surface area contributed by atoms with Gasteiger partial charge < -0.3 is 14.8 Å². The molecule has 1 aromatic heterocycles. The van der Waals surface area contributed by atoms with Crippen molar-refractivity contribution < 1.29 is 14.3 Å². The molecule has 3 aromatic carbocycles. The molecule has 1 N–H and O–H groups in total. The summed E-state index contributed by atoms with van der Waals surface area (Å²) in [5, 5.41) is 2.92. The first-order valence-corrected chi connectivity index (χ1v) is 9.79. The molecule has 0 atom stereocenters. The molecule has 0 bridgehead atoms. The monoisotopic (exact) mass is 411 g/mol. The first kappa shape index (κ1) is 20.1. The number of aromatic nitrogens is 2. The number of carbonyl (C=O) groups excluding carboxylic acids is 1. The van der Waals surface area contributed by atoms with Crippen molar-refractivity contribution in [3.8, 4) is 28.8 Å².